The van der Waals surface area contributed by atoms with Gasteiger partial charge in [-0.25, -0.2) is 0 Å². The second kappa shape index (κ2) is 9.69. The fourth-order valence-corrected chi connectivity index (χ4v) is 5.07. The van der Waals surface area contributed by atoms with Gasteiger partial charge in [0.2, 0.25) is 5.91 Å². The molecule has 1 fully saturated rings. The molecule has 3 aromatic carbocycles. The van der Waals surface area contributed by atoms with E-state index in [1.807, 2.05) is 48.5 Å². The van der Waals surface area contributed by atoms with Gasteiger partial charge in [-0.1, -0.05) is 42.5 Å². The molecule has 0 spiro atoms. The number of hydrogen-bond donors (Lipinski definition) is 2. The molecule has 0 saturated carbocycles. The summed E-state index contributed by atoms with van der Waals surface area (Å²) in [6, 6.07) is 23.9. The molecule has 2 aliphatic rings. The van der Waals surface area contributed by atoms with Crippen molar-refractivity contribution in [2.45, 2.75) is 38.4 Å². The van der Waals surface area contributed by atoms with Gasteiger partial charge in [0.1, 0.15) is 0 Å². The minimum Gasteiger partial charge on any atom is -0.368 e. The van der Waals surface area contributed by atoms with Crippen LogP contribution in [0.1, 0.15) is 39.9 Å². The average molecular weight is 455 g/mol. The third kappa shape index (κ3) is 4.68. The highest BCUT2D eigenvalue weighted by Gasteiger charge is 2.29. The molecule has 2 aliphatic heterocycles. The summed E-state index contributed by atoms with van der Waals surface area (Å²) < 4.78 is 0. The molecule has 0 radical (unpaired) electrons. The van der Waals surface area contributed by atoms with Gasteiger partial charge in [0.15, 0.2) is 0 Å². The van der Waals surface area contributed by atoms with Gasteiger partial charge in [-0.05, 0) is 72.8 Å². The van der Waals surface area contributed by atoms with Crippen LogP contribution in [0.15, 0.2) is 72.8 Å². The van der Waals surface area contributed by atoms with Crippen LogP contribution in [0.3, 0.4) is 0 Å². The van der Waals surface area contributed by atoms with Crippen LogP contribution in [0.2, 0.25) is 0 Å². The van der Waals surface area contributed by atoms with Crippen LogP contribution in [-0.2, 0) is 24.3 Å². The number of rotatable bonds is 6. The van der Waals surface area contributed by atoms with Crippen molar-refractivity contribution in [1.82, 2.24) is 4.90 Å². The topological polar surface area (TPSA) is 78.7 Å². The molecule has 3 aromatic rings. The first-order valence-electron chi connectivity index (χ1n) is 11.9. The summed E-state index contributed by atoms with van der Waals surface area (Å²) >= 11 is 0. The molecular formula is C28H30N4O2. The van der Waals surface area contributed by atoms with E-state index in [9.17, 15) is 9.59 Å². The van der Waals surface area contributed by atoms with E-state index in [-0.39, 0.29) is 17.9 Å². The highest BCUT2D eigenvalue weighted by molar-refractivity contribution is 6.04. The first kappa shape index (κ1) is 22.2. The van der Waals surface area contributed by atoms with Gasteiger partial charge in [-0.3, -0.25) is 14.5 Å². The molecule has 0 aromatic heterocycles. The zero-order valence-electron chi connectivity index (χ0n) is 19.2. The Bertz CT molecular complexity index is 1190. The molecule has 6 nitrogen and oxygen atoms in total. The minimum absolute atomic E-state index is 0.143. The number of carbonyl (C=O) groups is 2. The summed E-state index contributed by atoms with van der Waals surface area (Å²) in [7, 11) is 0. The third-order valence-corrected chi connectivity index (χ3v) is 6.96. The smallest absolute Gasteiger partial charge is 0.255 e. The van der Waals surface area contributed by atoms with E-state index >= 15 is 0 Å². The van der Waals surface area contributed by atoms with E-state index in [1.165, 1.54) is 11.1 Å². The molecule has 34 heavy (non-hydrogen) atoms. The van der Waals surface area contributed by atoms with Crippen molar-refractivity contribution in [1.29, 1.82) is 0 Å². The monoisotopic (exact) mass is 454 g/mol. The Kier molecular flexibility index (Phi) is 6.32. The number of amides is 2. The number of nitrogens with zero attached hydrogens (tertiary/aromatic N) is 2. The van der Waals surface area contributed by atoms with E-state index in [0.29, 0.717) is 12.1 Å². The summed E-state index contributed by atoms with van der Waals surface area (Å²) in [4.78, 5) is 29.2. The first-order valence-corrected chi connectivity index (χ1v) is 11.9. The first-order chi connectivity index (χ1) is 16.6. The van der Waals surface area contributed by atoms with E-state index in [4.69, 9.17) is 5.73 Å². The van der Waals surface area contributed by atoms with Crippen molar-refractivity contribution in [3.63, 3.8) is 0 Å². The van der Waals surface area contributed by atoms with Crippen LogP contribution in [0.4, 0.5) is 11.4 Å². The van der Waals surface area contributed by atoms with Crippen molar-refractivity contribution in [2.75, 3.05) is 23.3 Å². The van der Waals surface area contributed by atoms with Gasteiger partial charge in [0.25, 0.3) is 5.91 Å². The maximum absolute atomic E-state index is 13.0. The lowest BCUT2D eigenvalue weighted by Gasteiger charge is -2.30. The number of primary amides is 1. The highest BCUT2D eigenvalue weighted by atomic mass is 16.2. The van der Waals surface area contributed by atoms with E-state index in [0.717, 1.165) is 55.8 Å². The molecule has 1 atom stereocenters. The Morgan fingerprint density at radius 3 is 2.44 bits per heavy atom. The number of likely N-dealkylation sites (tertiary alicyclic amines) is 1. The van der Waals surface area contributed by atoms with Crippen LogP contribution >= 0.6 is 0 Å². The van der Waals surface area contributed by atoms with Crippen molar-refractivity contribution in [2.24, 2.45) is 5.73 Å². The van der Waals surface area contributed by atoms with Crippen LogP contribution in [-0.4, -0.2) is 35.8 Å². The maximum atomic E-state index is 13.0. The van der Waals surface area contributed by atoms with Crippen molar-refractivity contribution < 1.29 is 9.59 Å². The highest BCUT2D eigenvalue weighted by Crippen LogP contribution is 2.26. The molecule has 6 heteroatoms. The predicted octanol–water partition coefficient (Wildman–Crippen LogP) is 3.95. The standard InChI is InChI=1S/C28H30N4O2/c29-27(33)26-10-5-16-32(26)19-23-8-3-4-9-25(23)30-28(34)21-11-13-24(14-12-21)31-17-15-20-6-1-2-7-22(20)18-31/h1-4,6-9,11-14,26H,5,10,15-19H2,(H2,29,33)(H,30,34). The normalized spacial score (nSPS) is 17.9. The number of hydrogen-bond acceptors (Lipinski definition) is 4. The second-order valence-corrected chi connectivity index (χ2v) is 9.13. The van der Waals surface area contributed by atoms with Gasteiger partial charge >= 0.3 is 0 Å². The Balaban J connectivity index is 1.26. The molecule has 2 amide bonds. The summed E-state index contributed by atoms with van der Waals surface area (Å²) in [5, 5.41) is 3.06. The summed E-state index contributed by atoms with van der Waals surface area (Å²) in [6.45, 7) is 3.27. The Morgan fingerprint density at radius 1 is 0.912 bits per heavy atom. The molecule has 3 N–H and O–H groups in total. The summed E-state index contributed by atoms with van der Waals surface area (Å²) in [5.41, 5.74) is 11.8. The number of nitrogens with two attached hydrogens (primary N) is 1. The number of benzene rings is 3. The minimum atomic E-state index is -0.281. The largest absolute Gasteiger partial charge is 0.368 e. The van der Waals surface area contributed by atoms with Gasteiger partial charge in [0, 0.05) is 36.6 Å². The molecule has 2 heterocycles. The number of para-hydroxylation sites is 1. The molecule has 1 saturated heterocycles. The quantitative estimate of drug-likeness (QED) is 0.591. The zero-order valence-corrected chi connectivity index (χ0v) is 19.2. The lowest BCUT2D eigenvalue weighted by molar-refractivity contribution is -0.122. The molecule has 1 unspecified atom stereocenters. The van der Waals surface area contributed by atoms with Crippen LogP contribution in [0, 0.1) is 0 Å². The maximum Gasteiger partial charge on any atom is 0.255 e. The molecular weight excluding hydrogens is 424 g/mol. The van der Waals surface area contributed by atoms with Crippen molar-refractivity contribution in [3.8, 4) is 0 Å². The predicted molar refractivity (Wildman–Crippen MR) is 135 cm³/mol. The van der Waals surface area contributed by atoms with E-state index in [2.05, 4.69) is 39.4 Å². The summed E-state index contributed by atoms with van der Waals surface area (Å²) in [6.07, 6.45) is 2.78. The van der Waals surface area contributed by atoms with Crippen molar-refractivity contribution in [3.05, 3.63) is 95.1 Å². The molecule has 0 aliphatic carbocycles. The fourth-order valence-electron chi connectivity index (χ4n) is 5.07. The van der Waals surface area contributed by atoms with Crippen LogP contribution in [0.25, 0.3) is 0 Å². The lowest BCUT2D eigenvalue weighted by Crippen LogP contribution is -2.39. The fraction of sp³-hybridized carbons (Fsp3) is 0.286. The summed E-state index contributed by atoms with van der Waals surface area (Å²) in [5.74, 6) is -0.424. The number of anilines is 2. The van der Waals surface area contributed by atoms with E-state index in [1.54, 1.807) is 0 Å². The SMILES string of the molecule is NC(=O)C1CCCN1Cc1ccccc1NC(=O)c1ccc(N2CCc3ccccc3C2)cc1. The Hall–Kier alpha value is -3.64. The number of fused-ring (bicyclic) bond motifs is 1. The van der Waals surface area contributed by atoms with E-state index < -0.39 is 0 Å². The van der Waals surface area contributed by atoms with Crippen LogP contribution < -0.4 is 16.0 Å². The van der Waals surface area contributed by atoms with Gasteiger partial charge < -0.3 is 16.0 Å². The van der Waals surface area contributed by atoms with Gasteiger partial charge in [-0.2, -0.15) is 0 Å². The average Bonchev–Trinajstić information content (AvgIpc) is 3.33. The number of carbonyl (C=O) groups excluding carboxylic acids is 2. The second-order valence-electron chi connectivity index (χ2n) is 9.13. The Morgan fingerprint density at radius 2 is 1.65 bits per heavy atom. The van der Waals surface area contributed by atoms with Gasteiger partial charge in [-0.15, -0.1) is 0 Å². The van der Waals surface area contributed by atoms with Gasteiger partial charge in [0.05, 0.1) is 6.04 Å². The molecule has 5 rings (SSSR count). The lowest BCUT2D eigenvalue weighted by atomic mass is 9.99. The zero-order chi connectivity index (χ0) is 23.5. The van der Waals surface area contributed by atoms with Crippen molar-refractivity contribution >= 4 is 23.2 Å². The molecule has 174 valence electrons. The van der Waals surface area contributed by atoms with Crippen LogP contribution in [0.5, 0.6) is 0 Å². The Labute approximate surface area is 200 Å². The number of nitrogens with one attached hydrogen (secondary N) is 1. The molecule has 0 bridgehead atoms. The third-order valence-electron chi connectivity index (χ3n) is 6.96.